The molecule has 8 heteroatoms. The third kappa shape index (κ3) is 4.86. The number of rotatable bonds is 6. The van der Waals surface area contributed by atoms with Crippen molar-refractivity contribution in [2.24, 2.45) is 7.05 Å². The molecule has 0 fully saturated rings. The number of hydrogen-bond donors (Lipinski definition) is 2. The predicted molar refractivity (Wildman–Crippen MR) is 100 cm³/mol. The van der Waals surface area contributed by atoms with Gasteiger partial charge in [-0.1, -0.05) is 36.2 Å². The van der Waals surface area contributed by atoms with Crippen LogP contribution in [-0.4, -0.2) is 29.3 Å². The summed E-state index contributed by atoms with van der Waals surface area (Å²) >= 11 is 12.4. The van der Waals surface area contributed by atoms with Crippen LogP contribution in [0.1, 0.15) is 30.0 Å². The summed E-state index contributed by atoms with van der Waals surface area (Å²) in [6.07, 6.45) is 3.49. The van der Waals surface area contributed by atoms with E-state index >= 15 is 0 Å². The van der Waals surface area contributed by atoms with Crippen LogP contribution < -0.4 is 10.6 Å². The molecule has 0 aliphatic rings. The molecule has 1 heterocycles. The summed E-state index contributed by atoms with van der Waals surface area (Å²) in [5, 5.41) is 11.3. The molecule has 1 aromatic carbocycles. The van der Waals surface area contributed by atoms with Crippen LogP contribution in [0.3, 0.4) is 0 Å². The zero-order chi connectivity index (χ0) is 17.0. The molecule has 0 radical (unpaired) electrons. The lowest BCUT2D eigenvalue weighted by atomic mass is 10.0. The van der Waals surface area contributed by atoms with Gasteiger partial charge >= 0.3 is 0 Å². The van der Waals surface area contributed by atoms with Gasteiger partial charge in [-0.2, -0.15) is 5.10 Å². The zero-order valence-electron chi connectivity index (χ0n) is 13.7. The van der Waals surface area contributed by atoms with E-state index in [1.807, 2.05) is 20.2 Å². The number of halogens is 3. The number of amides is 1. The Labute approximate surface area is 158 Å². The quantitative estimate of drug-likeness (QED) is 0.794. The number of nitrogens with zero attached hydrogens (tertiary/aromatic N) is 2. The summed E-state index contributed by atoms with van der Waals surface area (Å²) in [5.74, 6) is -0.109. The van der Waals surface area contributed by atoms with E-state index in [4.69, 9.17) is 23.2 Å². The lowest BCUT2D eigenvalue weighted by Gasteiger charge is -2.19. The van der Waals surface area contributed by atoms with Gasteiger partial charge < -0.3 is 10.6 Å². The summed E-state index contributed by atoms with van der Waals surface area (Å²) < 4.78 is 1.67. The molecule has 2 N–H and O–H groups in total. The minimum Gasteiger partial charge on any atom is -0.354 e. The van der Waals surface area contributed by atoms with E-state index in [0.717, 1.165) is 11.1 Å². The van der Waals surface area contributed by atoms with Crippen LogP contribution in [0.5, 0.6) is 0 Å². The first-order chi connectivity index (χ1) is 10.9. The Morgan fingerprint density at radius 1 is 1.33 bits per heavy atom. The van der Waals surface area contributed by atoms with Crippen molar-refractivity contribution in [2.45, 2.75) is 18.9 Å². The van der Waals surface area contributed by atoms with Gasteiger partial charge in [0.1, 0.15) is 6.04 Å². The van der Waals surface area contributed by atoms with Crippen LogP contribution in [0.4, 0.5) is 0 Å². The Kier molecular flexibility index (Phi) is 8.03. The van der Waals surface area contributed by atoms with Gasteiger partial charge in [0, 0.05) is 41.3 Å². The Balaban J connectivity index is 0.00000288. The topological polar surface area (TPSA) is 59.0 Å². The van der Waals surface area contributed by atoms with E-state index in [1.54, 1.807) is 36.1 Å². The normalized spacial score (nSPS) is 13.0. The first-order valence-electron chi connectivity index (χ1n) is 7.31. The molecule has 0 bridgehead atoms. The number of nitrogens with one attached hydrogen (secondary N) is 2. The first-order valence-corrected chi connectivity index (χ1v) is 8.07. The lowest BCUT2D eigenvalue weighted by molar-refractivity contribution is -0.123. The Hall–Kier alpha value is -1.27. The van der Waals surface area contributed by atoms with E-state index in [9.17, 15) is 4.79 Å². The van der Waals surface area contributed by atoms with Gasteiger partial charge in [0.2, 0.25) is 5.91 Å². The molecule has 132 valence electrons. The molecule has 0 saturated heterocycles. The van der Waals surface area contributed by atoms with Crippen LogP contribution in [0.2, 0.25) is 10.0 Å². The second kappa shape index (κ2) is 9.28. The fourth-order valence-corrected chi connectivity index (χ4v) is 3.25. The van der Waals surface area contributed by atoms with Crippen molar-refractivity contribution in [3.8, 4) is 0 Å². The number of aryl methyl sites for hydroxylation is 1. The van der Waals surface area contributed by atoms with Crippen molar-refractivity contribution >= 4 is 41.5 Å². The third-order valence-corrected chi connectivity index (χ3v) is 4.34. The second-order valence-corrected chi connectivity index (χ2v) is 6.26. The number of likely N-dealkylation sites (N-methyl/N-ethyl adjacent to an activating group) is 1. The van der Waals surface area contributed by atoms with Crippen molar-refractivity contribution in [3.63, 3.8) is 0 Å². The number of carbonyl (C=O) groups excluding carboxylic acids is 1. The van der Waals surface area contributed by atoms with Crippen LogP contribution in [-0.2, 0) is 11.8 Å². The summed E-state index contributed by atoms with van der Waals surface area (Å²) in [6, 6.07) is 4.96. The first kappa shape index (κ1) is 20.8. The van der Waals surface area contributed by atoms with E-state index < -0.39 is 6.04 Å². The summed E-state index contributed by atoms with van der Waals surface area (Å²) in [7, 11) is 3.56. The lowest BCUT2D eigenvalue weighted by Crippen LogP contribution is -2.37. The molecular formula is C16H21Cl3N4O. The maximum absolute atomic E-state index is 12.4. The van der Waals surface area contributed by atoms with Crippen LogP contribution >= 0.6 is 35.6 Å². The highest BCUT2D eigenvalue weighted by Gasteiger charge is 2.21. The molecule has 1 aromatic heterocycles. The molecular weight excluding hydrogens is 371 g/mol. The average Bonchev–Trinajstić information content (AvgIpc) is 2.92. The second-order valence-electron chi connectivity index (χ2n) is 5.45. The van der Waals surface area contributed by atoms with Gasteiger partial charge in [-0.15, -0.1) is 12.4 Å². The maximum Gasteiger partial charge on any atom is 0.241 e. The average molecular weight is 392 g/mol. The van der Waals surface area contributed by atoms with Crippen LogP contribution in [0.25, 0.3) is 0 Å². The van der Waals surface area contributed by atoms with E-state index in [1.165, 1.54) is 0 Å². The highest BCUT2D eigenvalue weighted by molar-refractivity contribution is 6.36. The van der Waals surface area contributed by atoms with Crippen molar-refractivity contribution in [3.05, 3.63) is 51.8 Å². The minimum atomic E-state index is -0.447. The molecule has 5 nitrogen and oxygen atoms in total. The number of hydrogen-bond acceptors (Lipinski definition) is 3. The molecule has 1 amide bonds. The highest BCUT2D eigenvalue weighted by atomic mass is 35.5. The zero-order valence-corrected chi connectivity index (χ0v) is 16.0. The van der Waals surface area contributed by atoms with Gasteiger partial charge in [-0.05, 0) is 24.7 Å². The molecule has 0 aliphatic heterocycles. The van der Waals surface area contributed by atoms with Gasteiger partial charge in [-0.3, -0.25) is 9.48 Å². The fraction of sp³-hybridized carbons (Fsp3) is 0.375. The molecule has 2 atom stereocenters. The molecule has 2 aromatic rings. The van der Waals surface area contributed by atoms with Crippen molar-refractivity contribution in [2.75, 3.05) is 13.6 Å². The molecule has 0 spiro atoms. The molecule has 2 rings (SSSR count). The van der Waals surface area contributed by atoms with Crippen molar-refractivity contribution in [1.29, 1.82) is 0 Å². The van der Waals surface area contributed by atoms with Gasteiger partial charge in [0.05, 0.1) is 6.20 Å². The van der Waals surface area contributed by atoms with Crippen LogP contribution in [0, 0.1) is 0 Å². The molecule has 0 saturated carbocycles. The Morgan fingerprint density at radius 3 is 2.46 bits per heavy atom. The van der Waals surface area contributed by atoms with Gasteiger partial charge in [0.25, 0.3) is 0 Å². The number of aromatic nitrogens is 2. The largest absolute Gasteiger partial charge is 0.354 e. The van der Waals surface area contributed by atoms with E-state index in [-0.39, 0.29) is 24.2 Å². The van der Waals surface area contributed by atoms with Gasteiger partial charge in [-0.25, -0.2) is 0 Å². The molecule has 0 aliphatic carbocycles. The number of carbonyl (C=O) groups is 1. The van der Waals surface area contributed by atoms with Gasteiger partial charge in [0.15, 0.2) is 0 Å². The molecule has 2 unspecified atom stereocenters. The smallest absolute Gasteiger partial charge is 0.241 e. The minimum absolute atomic E-state index is 0. The fourth-order valence-electron chi connectivity index (χ4n) is 2.48. The van der Waals surface area contributed by atoms with Crippen molar-refractivity contribution in [1.82, 2.24) is 20.4 Å². The number of benzene rings is 1. The molecule has 24 heavy (non-hydrogen) atoms. The van der Waals surface area contributed by atoms with E-state index in [0.29, 0.717) is 16.6 Å². The summed E-state index contributed by atoms with van der Waals surface area (Å²) in [5.41, 5.74) is 1.66. The van der Waals surface area contributed by atoms with Crippen molar-refractivity contribution < 1.29 is 4.79 Å². The summed E-state index contributed by atoms with van der Waals surface area (Å²) in [6.45, 7) is 2.42. The standard InChI is InChI=1S/C16H20Cl2N4O.ClH/c1-10(14-12(17)5-4-6-13(14)18)7-20-16(23)15(19-2)11-8-21-22(3)9-11;/h4-6,8-10,15,19H,7H2,1-3H3,(H,20,23);1H. The maximum atomic E-state index is 12.4. The monoisotopic (exact) mass is 390 g/mol. The third-order valence-electron chi connectivity index (χ3n) is 3.68. The predicted octanol–water partition coefficient (Wildman–Crippen LogP) is 3.33. The Bertz CT molecular complexity index is 669. The van der Waals surface area contributed by atoms with E-state index in [2.05, 4.69) is 15.7 Å². The SMILES string of the molecule is CNC(C(=O)NCC(C)c1c(Cl)cccc1Cl)c1cnn(C)c1.Cl. The highest BCUT2D eigenvalue weighted by Crippen LogP contribution is 2.31. The summed E-state index contributed by atoms with van der Waals surface area (Å²) in [4.78, 5) is 12.4. The Morgan fingerprint density at radius 2 is 1.96 bits per heavy atom. The van der Waals surface area contributed by atoms with Crippen LogP contribution in [0.15, 0.2) is 30.6 Å².